The second-order valence-electron chi connectivity index (χ2n) is 5.75. The van der Waals surface area contributed by atoms with Gasteiger partial charge < -0.3 is 19.4 Å². The van der Waals surface area contributed by atoms with Crippen LogP contribution in [0.25, 0.3) is 10.9 Å². The van der Waals surface area contributed by atoms with Crippen molar-refractivity contribution in [3.63, 3.8) is 0 Å². The first-order chi connectivity index (χ1) is 11.5. The summed E-state index contributed by atoms with van der Waals surface area (Å²) in [5.41, 5.74) is 4.35. The molecule has 24 heavy (non-hydrogen) atoms. The molecule has 0 saturated carbocycles. The zero-order valence-electron chi connectivity index (χ0n) is 13.9. The number of rotatable bonds is 5. The van der Waals surface area contributed by atoms with Gasteiger partial charge in [-0.1, -0.05) is 12.1 Å². The predicted molar refractivity (Wildman–Crippen MR) is 94.6 cm³/mol. The molecule has 5 nitrogen and oxygen atoms in total. The highest BCUT2D eigenvalue weighted by molar-refractivity contribution is 7.90. The normalized spacial score (nSPS) is 12.5. The summed E-state index contributed by atoms with van der Waals surface area (Å²) in [5.74, 6) is 1.11. The van der Waals surface area contributed by atoms with Crippen LogP contribution in [-0.4, -0.2) is 26.7 Å². The van der Waals surface area contributed by atoms with Crippen LogP contribution in [0.2, 0.25) is 0 Å². The summed E-state index contributed by atoms with van der Waals surface area (Å²) in [5, 5.41) is 10.8. The molecule has 2 aromatic heterocycles. The van der Waals surface area contributed by atoms with E-state index >= 15 is 0 Å². The van der Waals surface area contributed by atoms with Gasteiger partial charge in [-0.25, -0.2) is 0 Å². The number of fused-ring (bicyclic) bond motifs is 1. The number of methoxy groups -OCH3 is 1. The summed E-state index contributed by atoms with van der Waals surface area (Å²) in [6.45, 7) is 3.86. The average molecular weight is 344 g/mol. The average Bonchev–Trinajstić information content (AvgIpc) is 3.01. The fraction of sp³-hybridized carbons (Fsp3) is 0.278. The molecule has 0 aliphatic heterocycles. The molecule has 0 radical (unpaired) electrons. The minimum absolute atomic E-state index is 0.0142. The minimum atomic E-state index is -1.24. The van der Waals surface area contributed by atoms with Crippen LogP contribution in [0, 0.1) is 13.8 Å². The molecule has 2 N–H and O–H groups in total. The zero-order valence-corrected chi connectivity index (χ0v) is 14.7. The molecular formula is C18H20N2O3S. The Morgan fingerprint density at radius 1 is 1.29 bits per heavy atom. The van der Waals surface area contributed by atoms with Gasteiger partial charge in [-0.15, -0.1) is 0 Å². The van der Waals surface area contributed by atoms with Gasteiger partial charge in [0.1, 0.15) is 5.75 Å². The molecule has 3 rings (SSSR count). The first kappa shape index (κ1) is 16.8. The third-order valence-electron chi connectivity index (χ3n) is 4.11. The van der Waals surface area contributed by atoms with Gasteiger partial charge in [-0.2, -0.15) is 0 Å². The highest BCUT2D eigenvalue weighted by atomic mass is 32.2. The number of nitrogens with one attached hydrogen (secondary N) is 1. The highest BCUT2D eigenvalue weighted by Gasteiger charge is 2.19. The minimum Gasteiger partial charge on any atom is -0.610 e. The summed E-state index contributed by atoms with van der Waals surface area (Å²) in [6, 6.07) is 7.53. The van der Waals surface area contributed by atoms with Crippen LogP contribution in [0.5, 0.6) is 5.75 Å². The van der Waals surface area contributed by atoms with E-state index in [9.17, 15) is 9.66 Å². The number of aliphatic hydroxyl groups excluding tert-OH is 1. The quantitative estimate of drug-likeness (QED) is 0.697. The summed E-state index contributed by atoms with van der Waals surface area (Å²) in [6.07, 6.45) is 1.75. The Hall–Kier alpha value is -2.02. The van der Waals surface area contributed by atoms with Crippen molar-refractivity contribution in [2.24, 2.45) is 0 Å². The molecular weight excluding hydrogens is 324 g/mol. The topological polar surface area (TPSA) is 81.2 Å². The predicted octanol–water partition coefficient (Wildman–Crippen LogP) is 2.99. The summed E-state index contributed by atoms with van der Waals surface area (Å²) < 4.78 is 18.1. The number of aromatic amines is 1. The fourth-order valence-corrected chi connectivity index (χ4v) is 3.96. The first-order valence-electron chi connectivity index (χ1n) is 7.63. The maximum Gasteiger partial charge on any atom is 0.224 e. The first-order valence-corrected chi connectivity index (χ1v) is 8.95. The molecule has 0 aliphatic carbocycles. The number of aromatic nitrogens is 2. The lowest BCUT2D eigenvalue weighted by Gasteiger charge is -2.13. The second kappa shape index (κ2) is 6.84. The SMILES string of the molecule is COc1c(C)cnc(C[S+]([O-])c2cc3ccc(CO)cc3[nH]2)c1C. The second-order valence-corrected chi connectivity index (χ2v) is 7.17. The van der Waals surface area contributed by atoms with Crippen molar-refractivity contribution in [3.8, 4) is 5.75 Å². The van der Waals surface area contributed by atoms with Gasteiger partial charge in [0, 0.05) is 45.5 Å². The Bertz CT molecular complexity index is 876. The van der Waals surface area contributed by atoms with E-state index in [0.717, 1.165) is 39.0 Å². The third-order valence-corrected chi connectivity index (χ3v) is 5.35. The van der Waals surface area contributed by atoms with Crippen molar-refractivity contribution in [1.29, 1.82) is 0 Å². The summed E-state index contributed by atoms with van der Waals surface area (Å²) in [7, 11) is 1.63. The summed E-state index contributed by atoms with van der Waals surface area (Å²) in [4.78, 5) is 7.59. The van der Waals surface area contributed by atoms with Crippen LogP contribution in [0.4, 0.5) is 0 Å². The molecule has 2 heterocycles. The van der Waals surface area contributed by atoms with Gasteiger partial charge in [-0.3, -0.25) is 4.98 Å². The van der Waals surface area contributed by atoms with E-state index in [-0.39, 0.29) is 6.61 Å². The Balaban J connectivity index is 1.88. The van der Waals surface area contributed by atoms with E-state index in [1.165, 1.54) is 0 Å². The number of H-pyrrole nitrogens is 1. The van der Waals surface area contributed by atoms with Crippen LogP contribution >= 0.6 is 0 Å². The lowest BCUT2D eigenvalue weighted by atomic mass is 10.1. The van der Waals surface area contributed by atoms with Crippen LogP contribution in [0.15, 0.2) is 35.5 Å². The Labute approximate surface area is 143 Å². The van der Waals surface area contributed by atoms with Gasteiger partial charge in [0.05, 0.1) is 19.4 Å². The molecule has 1 unspecified atom stereocenters. The van der Waals surface area contributed by atoms with Crippen molar-refractivity contribution < 1.29 is 14.4 Å². The monoisotopic (exact) mass is 344 g/mol. The van der Waals surface area contributed by atoms with E-state index in [1.54, 1.807) is 13.3 Å². The number of aryl methyl sites for hydroxylation is 1. The standard InChI is InChI=1S/C18H20N2O3S/c1-11-8-19-16(12(2)18(11)23-3)10-24(22)17-7-14-5-4-13(9-21)6-15(14)20-17/h4-8,20-21H,9-10H2,1-3H3. The van der Waals surface area contributed by atoms with Crippen molar-refractivity contribution in [2.75, 3.05) is 7.11 Å². The van der Waals surface area contributed by atoms with Gasteiger partial charge in [0.15, 0.2) is 5.75 Å². The van der Waals surface area contributed by atoms with Crippen LogP contribution in [0.3, 0.4) is 0 Å². The maximum absolute atomic E-state index is 12.7. The fourth-order valence-electron chi connectivity index (χ4n) is 2.79. The number of aliphatic hydroxyl groups is 1. The van der Waals surface area contributed by atoms with Crippen molar-refractivity contribution >= 4 is 22.1 Å². The molecule has 0 aliphatic rings. The number of hydrogen-bond donors (Lipinski definition) is 2. The van der Waals surface area contributed by atoms with Crippen LogP contribution in [0.1, 0.15) is 22.4 Å². The Morgan fingerprint density at radius 2 is 2.08 bits per heavy atom. The van der Waals surface area contributed by atoms with Gasteiger partial charge in [-0.05, 0) is 25.5 Å². The van der Waals surface area contributed by atoms with Crippen LogP contribution in [-0.2, 0) is 23.5 Å². The Morgan fingerprint density at radius 3 is 2.79 bits per heavy atom. The molecule has 126 valence electrons. The summed E-state index contributed by atoms with van der Waals surface area (Å²) >= 11 is -1.24. The van der Waals surface area contributed by atoms with E-state index in [0.29, 0.717) is 10.8 Å². The molecule has 0 amide bonds. The molecule has 0 saturated heterocycles. The molecule has 1 atom stereocenters. The maximum atomic E-state index is 12.7. The number of ether oxygens (including phenoxy) is 1. The number of pyridine rings is 1. The molecule has 6 heteroatoms. The van der Waals surface area contributed by atoms with E-state index in [4.69, 9.17) is 4.74 Å². The van der Waals surface area contributed by atoms with Gasteiger partial charge in [0.25, 0.3) is 0 Å². The van der Waals surface area contributed by atoms with Gasteiger partial charge in [0.2, 0.25) is 5.03 Å². The Kier molecular flexibility index (Phi) is 4.80. The molecule has 0 spiro atoms. The smallest absolute Gasteiger partial charge is 0.224 e. The lowest BCUT2D eigenvalue weighted by Crippen LogP contribution is -2.09. The largest absolute Gasteiger partial charge is 0.610 e. The van der Waals surface area contributed by atoms with Gasteiger partial charge >= 0.3 is 0 Å². The highest BCUT2D eigenvalue weighted by Crippen LogP contribution is 2.27. The molecule has 3 aromatic rings. The van der Waals surface area contributed by atoms with Crippen molar-refractivity contribution in [2.45, 2.75) is 31.2 Å². The van der Waals surface area contributed by atoms with Crippen molar-refractivity contribution in [3.05, 3.63) is 52.8 Å². The number of nitrogens with zero attached hydrogens (tertiary/aromatic N) is 1. The zero-order chi connectivity index (χ0) is 17.3. The van der Waals surface area contributed by atoms with E-state index in [2.05, 4.69) is 9.97 Å². The van der Waals surface area contributed by atoms with E-state index < -0.39 is 11.2 Å². The molecule has 0 bridgehead atoms. The number of benzene rings is 1. The number of hydrogen-bond acceptors (Lipinski definition) is 4. The van der Waals surface area contributed by atoms with E-state index in [1.807, 2.05) is 38.1 Å². The third kappa shape index (κ3) is 3.13. The van der Waals surface area contributed by atoms with Crippen molar-refractivity contribution in [1.82, 2.24) is 9.97 Å². The molecule has 0 fully saturated rings. The van der Waals surface area contributed by atoms with Crippen LogP contribution < -0.4 is 4.74 Å². The lowest BCUT2D eigenvalue weighted by molar-refractivity contribution is 0.282. The molecule has 1 aromatic carbocycles.